The predicted molar refractivity (Wildman–Crippen MR) is 96.7 cm³/mol. The Hall–Kier alpha value is -1.41. The predicted octanol–water partition coefficient (Wildman–Crippen LogP) is 1.83. The molecule has 2 aliphatic heterocycles. The molecule has 3 rings (SSSR count). The van der Waals surface area contributed by atoms with Gasteiger partial charge in [0.1, 0.15) is 0 Å². The molecule has 6 nitrogen and oxygen atoms in total. The van der Waals surface area contributed by atoms with E-state index in [1.807, 2.05) is 6.92 Å². The fourth-order valence-electron chi connectivity index (χ4n) is 3.65. The Morgan fingerprint density at radius 1 is 1.32 bits per heavy atom. The highest BCUT2D eigenvalue weighted by Gasteiger charge is 2.50. The van der Waals surface area contributed by atoms with Crippen LogP contribution >= 0.6 is 11.6 Å². The number of nitrogens with one attached hydrogen (secondary N) is 1. The number of carbonyl (C=O) groups excluding carboxylic acids is 1. The van der Waals surface area contributed by atoms with Gasteiger partial charge in [0, 0.05) is 24.7 Å². The van der Waals surface area contributed by atoms with Crippen LogP contribution in [0.25, 0.3) is 0 Å². The summed E-state index contributed by atoms with van der Waals surface area (Å²) >= 11 is 5.84. The van der Waals surface area contributed by atoms with Gasteiger partial charge in [0.25, 0.3) is 0 Å². The van der Waals surface area contributed by atoms with Gasteiger partial charge in [-0.15, -0.1) is 6.58 Å². The minimum absolute atomic E-state index is 0.0360. The first-order chi connectivity index (χ1) is 11.8. The molecule has 25 heavy (non-hydrogen) atoms. The van der Waals surface area contributed by atoms with Gasteiger partial charge in [-0.1, -0.05) is 17.7 Å². The van der Waals surface area contributed by atoms with Crippen molar-refractivity contribution in [1.82, 2.24) is 14.5 Å². The molecule has 8 heteroatoms. The molecule has 136 valence electrons. The van der Waals surface area contributed by atoms with Gasteiger partial charge in [-0.3, -0.25) is 10.1 Å². The van der Waals surface area contributed by atoms with E-state index >= 15 is 0 Å². The van der Waals surface area contributed by atoms with Crippen molar-refractivity contribution in [3.8, 4) is 0 Å². The molecule has 1 amide bonds. The van der Waals surface area contributed by atoms with E-state index in [4.69, 9.17) is 11.6 Å². The molecule has 0 aromatic heterocycles. The Bertz CT molecular complexity index is 771. The molecule has 1 aromatic carbocycles. The van der Waals surface area contributed by atoms with Crippen LogP contribution in [-0.2, 0) is 14.8 Å². The average molecular weight is 384 g/mol. The fraction of sp³-hybridized carbons (Fsp3) is 0.471. The maximum absolute atomic E-state index is 12.8. The number of hydrogen-bond acceptors (Lipinski definition) is 4. The quantitative estimate of drug-likeness (QED) is 0.805. The zero-order valence-electron chi connectivity index (χ0n) is 14.1. The Balaban J connectivity index is 1.78. The maximum Gasteiger partial charge on any atom is 0.243 e. The van der Waals surface area contributed by atoms with Crippen molar-refractivity contribution in [2.75, 3.05) is 19.6 Å². The molecular formula is C17H22ClN3O3S. The SMILES string of the molecule is C=CCN1C(=O)C(C)NC12CCN(S(=O)(=O)c1ccc(Cl)cc1)CC2. The third-order valence-electron chi connectivity index (χ3n) is 4.95. The van der Waals surface area contributed by atoms with Crippen LogP contribution < -0.4 is 5.32 Å². The molecule has 0 bridgehead atoms. The van der Waals surface area contributed by atoms with Gasteiger partial charge in [0.2, 0.25) is 15.9 Å². The lowest BCUT2D eigenvalue weighted by Crippen LogP contribution is -2.59. The molecule has 0 aliphatic carbocycles. The van der Waals surface area contributed by atoms with Crippen molar-refractivity contribution in [3.63, 3.8) is 0 Å². The van der Waals surface area contributed by atoms with Crippen molar-refractivity contribution in [3.05, 3.63) is 41.9 Å². The van der Waals surface area contributed by atoms with Crippen molar-refractivity contribution < 1.29 is 13.2 Å². The number of benzene rings is 1. The van der Waals surface area contributed by atoms with E-state index in [0.717, 1.165) is 0 Å². The third-order valence-corrected chi connectivity index (χ3v) is 7.12. The molecule has 1 unspecified atom stereocenters. The van der Waals surface area contributed by atoms with Gasteiger partial charge in [0.05, 0.1) is 16.6 Å². The van der Waals surface area contributed by atoms with E-state index in [2.05, 4.69) is 11.9 Å². The summed E-state index contributed by atoms with van der Waals surface area (Å²) in [7, 11) is -3.56. The van der Waals surface area contributed by atoms with Gasteiger partial charge in [-0.2, -0.15) is 4.31 Å². The Kier molecular flexibility index (Phi) is 4.94. The van der Waals surface area contributed by atoms with Crippen molar-refractivity contribution in [2.45, 2.75) is 36.4 Å². The van der Waals surface area contributed by atoms with Gasteiger partial charge >= 0.3 is 0 Å². The minimum atomic E-state index is -3.56. The second-order valence-corrected chi connectivity index (χ2v) is 8.87. The fourth-order valence-corrected chi connectivity index (χ4v) is 5.21. The highest BCUT2D eigenvalue weighted by molar-refractivity contribution is 7.89. The lowest BCUT2D eigenvalue weighted by Gasteiger charge is -2.43. The number of carbonyl (C=O) groups is 1. The van der Waals surface area contributed by atoms with Gasteiger partial charge in [-0.05, 0) is 44.0 Å². The van der Waals surface area contributed by atoms with Crippen LogP contribution in [-0.4, -0.2) is 54.9 Å². The van der Waals surface area contributed by atoms with E-state index in [-0.39, 0.29) is 16.8 Å². The summed E-state index contributed by atoms with van der Waals surface area (Å²) < 4.78 is 27.1. The number of hydrogen-bond donors (Lipinski definition) is 1. The number of halogens is 1. The third kappa shape index (κ3) is 3.21. The van der Waals surface area contributed by atoms with Crippen molar-refractivity contribution >= 4 is 27.5 Å². The second kappa shape index (κ2) is 6.72. The van der Waals surface area contributed by atoms with Gasteiger partial charge in [-0.25, -0.2) is 8.42 Å². The van der Waals surface area contributed by atoms with E-state index < -0.39 is 15.7 Å². The van der Waals surface area contributed by atoms with E-state index in [0.29, 0.717) is 37.5 Å². The number of amides is 1. The normalized spacial score (nSPS) is 24.0. The Morgan fingerprint density at radius 2 is 1.92 bits per heavy atom. The molecule has 2 fully saturated rings. The average Bonchev–Trinajstić information content (AvgIpc) is 2.80. The van der Waals surface area contributed by atoms with Crippen LogP contribution in [0.4, 0.5) is 0 Å². The summed E-state index contributed by atoms with van der Waals surface area (Å²) in [5.74, 6) is 0.0360. The van der Waals surface area contributed by atoms with E-state index in [1.54, 1.807) is 23.1 Å². The van der Waals surface area contributed by atoms with Gasteiger partial charge in [0.15, 0.2) is 0 Å². The Labute approximate surface area is 153 Å². The topological polar surface area (TPSA) is 69.7 Å². The van der Waals surface area contributed by atoms with Crippen LogP contribution in [0, 0.1) is 0 Å². The first kappa shape index (κ1) is 18.4. The van der Waals surface area contributed by atoms with Gasteiger partial charge < -0.3 is 4.90 Å². The summed E-state index contributed by atoms with van der Waals surface area (Å²) in [6, 6.07) is 5.92. The second-order valence-electron chi connectivity index (χ2n) is 6.49. The largest absolute Gasteiger partial charge is 0.319 e. The molecule has 2 aliphatic rings. The first-order valence-electron chi connectivity index (χ1n) is 8.26. The molecule has 1 aromatic rings. The monoisotopic (exact) mass is 383 g/mol. The molecule has 2 heterocycles. The summed E-state index contributed by atoms with van der Waals surface area (Å²) in [5.41, 5.74) is -0.489. The lowest BCUT2D eigenvalue weighted by molar-refractivity contribution is -0.132. The standard InChI is InChI=1S/C17H22ClN3O3S/c1-3-10-21-16(22)13(2)19-17(21)8-11-20(12-9-17)25(23,24)15-6-4-14(18)5-7-15/h3-7,13,19H,1,8-12H2,2H3. The van der Waals surface area contributed by atoms with E-state index in [1.165, 1.54) is 16.4 Å². The minimum Gasteiger partial charge on any atom is -0.319 e. The molecule has 0 radical (unpaired) electrons. The number of piperidine rings is 1. The number of nitrogens with zero attached hydrogens (tertiary/aromatic N) is 2. The molecule has 0 saturated carbocycles. The first-order valence-corrected chi connectivity index (χ1v) is 10.1. The zero-order chi connectivity index (χ0) is 18.2. The van der Waals surface area contributed by atoms with Crippen LogP contribution in [0.1, 0.15) is 19.8 Å². The molecular weight excluding hydrogens is 362 g/mol. The smallest absolute Gasteiger partial charge is 0.243 e. The van der Waals surface area contributed by atoms with Crippen LogP contribution in [0.3, 0.4) is 0 Å². The van der Waals surface area contributed by atoms with E-state index in [9.17, 15) is 13.2 Å². The van der Waals surface area contributed by atoms with Crippen LogP contribution in [0.2, 0.25) is 5.02 Å². The molecule has 1 N–H and O–H groups in total. The zero-order valence-corrected chi connectivity index (χ0v) is 15.7. The Morgan fingerprint density at radius 3 is 2.48 bits per heavy atom. The summed E-state index contributed by atoms with van der Waals surface area (Å²) in [6.45, 7) is 6.73. The maximum atomic E-state index is 12.8. The number of sulfonamides is 1. The summed E-state index contributed by atoms with van der Waals surface area (Å²) in [5, 5.41) is 3.86. The van der Waals surface area contributed by atoms with Crippen molar-refractivity contribution in [1.29, 1.82) is 0 Å². The lowest BCUT2D eigenvalue weighted by atomic mass is 9.97. The summed E-state index contributed by atoms with van der Waals surface area (Å²) in [6.07, 6.45) is 2.80. The molecule has 1 spiro atoms. The highest BCUT2D eigenvalue weighted by Crippen LogP contribution is 2.34. The molecule has 2 saturated heterocycles. The highest BCUT2D eigenvalue weighted by atomic mass is 35.5. The van der Waals surface area contributed by atoms with Crippen LogP contribution in [0.5, 0.6) is 0 Å². The number of rotatable bonds is 4. The van der Waals surface area contributed by atoms with Crippen molar-refractivity contribution in [2.24, 2.45) is 0 Å². The molecule has 1 atom stereocenters. The summed E-state index contributed by atoms with van der Waals surface area (Å²) in [4.78, 5) is 14.4. The van der Waals surface area contributed by atoms with Crippen LogP contribution in [0.15, 0.2) is 41.8 Å².